The Morgan fingerprint density at radius 2 is 2.11 bits per heavy atom. The lowest BCUT2D eigenvalue weighted by molar-refractivity contribution is 1.03. The number of nitrogens with zero attached hydrogens (tertiary/aromatic N) is 2. The fraction of sp³-hybridized carbons (Fsp3) is 0.0769. The molecule has 0 amide bonds. The molecule has 0 aliphatic rings. The van der Waals surface area contributed by atoms with Crippen LogP contribution >= 0.6 is 28.1 Å². The van der Waals surface area contributed by atoms with Gasteiger partial charge in [-0.1, -0.05) is 12.1 Å². The van der Waals surface area contributed by atoms with Crippen LogP contribution < -0.4 is 0 Å². The van der Waals surface area contributed by atoms with Gasteiger partial charge >= 0.3 is 0 Å². The van der Waals surface area contributed by atoms with Crippen molar-refractivity contribution in [2.24, 2.45) is 0 Å². The Labute approximate surface area is 118 Å². The Balaban J connectivity index is 2.42. The van der Waals surface area contributed by atoms with Gasteiger partial charge in [0, 0.05) is 10.7 Å². The molecule has 1 N–H and O–H groups in total. The second-order valence-electron chi connectivity index (χ2n) is 4.05. The minimum Gasteiger partial charge on any atom is -0.329 e. The van der Waals surface area contributed by atoms with Gasteiger partial charge in [0.05, 0.1) is 11.2 Å². The van der Waals surface area contributed by atoms with Crippen LogP contribution in [0, 0.1) is 11.7 Å². The van der Waals surface area contributed by atoms with E-state index in [4.69, 9.17) is 12.2 Å². The van der Waals surface area contributed by atoms with Crippen molar-refractivity contribution in [1.29, 1.82) is 0 Å². The Kier molecular flexibility index (Phi) is 2.80. The molecule has 3 nitrogen and oxygen atoms in total. The van der Waals surface area contributed by atoms with Crippen molar-refractivity contribution in [3.63, 3.8) is 0 Å². The number of imidazole rings is 1. The lowest BCUT2D eigenvalue weighted by Crippen LogP contribution is -1.97. The number of nitrogens with one attached hydrogen (secondary N) is 1. The van der Waals surface area contributed by atoms with E-state index in [9.17, 15) is 0 Å². The van der Waals surface area contributed by atoms with Crippen LogP contribution in [0.5, 0.6) is 0 Å². The van der Waals surface area contributed by atoms with Gasteiger partial charge in [-0.05, 0) is 58.8 Å². The average molecular weight is 320 g/mol. The number of aryl methyl sites for hydroxylation is 1. The molecule has 0 atom stereocenters. The number of rotatable bonds is 1. The lowest BCUT2D eigenvalue weighted by atomic mass is 10.2. The molecule has 0 aliphatic heterocycles. The lowest BCUT2D eigenvalue weighted by Gasteiger charge is -2.08. The van der Waals surface area contributed by atoms with Crippen LogP contribution in [-0.2, 0) is 0 Å². The van der Waals surface area contributed by atoms with Crippen molar-refractivity contribution in [2.45, 2.75) is 6.92 Å². The van der Waals surface area contributed by atoms with E-state index in [1.54, 1.807) is 6.20 Å². The number of aromatic nitrogens is 3. The summed E-state index contributed by atoms with van der Waals surface area (Å²) in [4.78, 5) is 7.56. The van der Waals surface area contributed by atoms with Crippen molar-refractivity contribution in [2.75, 3.05) is 0 Å². The minimum absolute atomic E-state index is 0.648. The van der Waals surface area contributed by atoms with E-state index in [2.05, 4.69) is 38.9 Å². The molecule has 3 aromatic rings. The Morgan fingerprint density at radius 3 is 2.94 bits per heavy atom. The van der Waals surface area contributed by atoms with Gasteiger partial charge in [0.2, 0.25) is 0 Å². The van der Waals surface area contributed by atoms with Gasteiger partial charge in [-0.3, -0.25) is 4.57 Å². The fourth-order valence-corrected chi connectivity index (χ4v) is 2.70. The van der Waals surface area contributed by atoms with E-state index < -0.39 is 0 Å². The summed E-state index contributed by atoms with van der Waals surface area (Å²) in [5.41, 5.74) is 3.95. The van der Waals surface area contributed by atoms with Gasteiger partial charge < -0.3 is 4.98 Å². The first-order valence-corrected chi connectivity index (χ1v) is 6.70. The van der Waals surface area contributed by atoms with Crippen molar-refractivity contribution >= 4 is 39.3 Å². The Hall–Kier alpha value is -1.46. The zero-order valence-corrected chi connectivity index (χ0v) is 12.0. The van der Waals surface area contributed by atoms with Crippen molar-refractivity contribution in [3.8, 4) is 5.69 Å². The van der Waals surface area contributed by atoms with Crippen LogP contribution in [0.25, 0.3) is 16.9 Å². The van der Waals surface area contributed by atoms with Crippen LogP contribution in [0.15, 0.2) is 41.0 Å². The zero-order valence-electron chi connectivity index (χ0n) is 9.64. The third kappa shape index (κ3) is 1.71. The minimum atomic E-state index is 0.648. The van der Waals surface area contributed by atoms with E-state index in [1.807, 2.05) is 28.8 Å². The summed E-state index contributed by atoms with van der Waals surface area (Å²) in [5, 5.41) is 0. The highest BCUT2D eigenvalue weighted by molar-refractivity contribution is 9.10. The third-order valence-corrected chi connectivity index (χ3v) is 4.17. The first-order chi connectivity index (χ1) is 8.68. The van der Waals surface area contributed by atoms with Crippen LogP contribution in [0.3, 0.4) is 0 Å². The number of halogens is 1. The smallest absolute Gasteiger partial charge is 0.184 e. The molecule has 0 aliphatic carbocycles. The Bertz CT molecular complexity index is 788. The molecule has 3 rings (SSSR count). The number of hydrogen-bond acceptors (Lipinski definition) is 2. The molecule has 0 spiro atoms. The number of benzene rings is 1. The standard InChI is InChI=1S/C13H10BrN3S/c1-8-4-2-6-10(11(8)14)17-12-9(16-13(17)18)5-3-7-15-12/h2-7H,1H3,(H,16,18). The number of H-pyrrole nitrogens is 1. The van der Waals surface area contributed by atoms with Crippen LogP contribution in [0.1, 0.15) is 5.56 Å². The normalized spacial score (nSPS) is 11.0. The van der Waals surface area contributed by atoms with Crippen LogP contribution in [-0.4, -0.2) is 14.5 Å². The summed E-state index contributed by atoms with van der Waals surface area (Å²) in [6.07, 6.45) is 1.77. The topological polar surface area (TPSA) is 33.6 Å². The predicted molar refractivity (Wildman–Crippen MR) is 78.7 cm³/mol. The van der Waals surface area contributed by atoms with Crippen molar-refractivity contribution in [3.05, 3.63) is 51.3 Å². The van der Waals surface area contributed by atoms with E-state index in [1.165, 1.54) is 5.56 Å². The van der Waals surface area contributed by atoms with Gasteiger partial charge in [0.25, 0.3) is 0 Å². The zero-order chi connectivity index (χ0) is 12.7. The monoisotopic (exact) mass is 319 g/mol. The second kappa shape index (κ2) is 4.33. The van der Waals surface area contributed by atoms with E-state index in [0.29, 0.717) is 4.77 Å². The number of aromatic amines is 1. The second-order valence-corrected chi connectivity index (χ2v) is 5.23. The molecule has 0 saturated carbocycles. The molecule has 0 unspecified atom stereocenters. The molecule has 90 valence electrons. The predicted octanol–water partition coefficient (Wildman–Crippen LogP) is 4.15. The Morgan fingerprint density at radius 1 is 1.28 bits per heavy atom. The molecule has 1 aromatic carbocycles. The van der Waals surface area contributed by atoms with E-state index in [-0.39, 0.29) is 0 Å². The summed E-state index contributed by atoms with van der Waals surface area (Å²) in [5.74, 6) is 0. The largest absolute Gasteiger partial charge is 0.329 e. The summed E-state index contributed by atoms with van der Waals surface area (Å²) in [6.45, 7) is 2.06. The molecular formula is C13H10BrN3S. The van der Waals surface area contributed by atoms with Crippen LogP contribution in [0.2, 0.25) is 0 Å². The van der Waals surface area contributed by atoms with Gasteiger partial charge in [-0.2, -0.15) is 0 Å². The molecule has 0 radical (unpaired) electrons. The first kappa shape index (κ1) is 11.6. The molecule has 18 heavy (non-hydrogen) atoms. The maximum absolute atomic E-state index is 5.38. The summed E-state index contributed by atoms with van der Waals surface area (Å²) in [7, 11) is 0. The van der Waals surface area contributed by atoms with E-state index >= 15 is 0 Å². The van der Waals surface area contributed by atoms with Gasteiger partial charge in [-0.15, -0.1) is 0 Å². The molecular weight excluding hydrogens is 310 g/mol. The molecule has 0 fully saturated rings. The molecule has 2 aromatic heterocycles. The maximum Gasteiger partial charge on any atom is 0.184 e. The van der Waals surface area contributed by atoms with Crippen molar-refractivity contribution in [1.82, 2.24) is 14.5 Å². The molecule has 5 heteroatoms. The highest BCUT2D eigenvalue weighted by Crippen LogP contribution is 2.27. The quantitative estimate of drug-likeness (QED) is 0.683. The van der Waals surface area contributed by atoms with Gasteiger partial charge in [-0.25, -0.2) is 4.98 Å². The van der Waals surface area contributed by atoms with Crippen molar-refractivity contribution < 1.29 is 0 Å². The summed E-state index contributed by atoms with van der Waals surface area (Å²) in [6, 6.07) is 9.95. The fourth-order valence-electron chi connectivity index (χ4n) is 1.97. The van der Waals surface area contributed by atoms with Crippen LogP contribution in [0.4, 0.5) is 0 Å². The number of hydrogen-bond donors (Lipinski definition) is 1. The summed E-state index contributed by atoms with van der Waals surface area (Å²) < 4.78 is 3.63. The highest BCUT2D eigenvalue weighted by Gasteiger charge is 2.10. The number of fused-ring (bicyclic) bond motifs is 1. The SMILES string of the molecule is Cc1cccc(-n2c(=S)[nH]c3cccnc32)c1Br. The van der Waals surface area contributed by atoms with E-state index in [0.717, 1.165) is 21.3 Å². The molecule has 0 bridgehead atoms. The maximum atomic E-state index is 5.38. The van der Waals surface area contributed by atoms with Gasteiger partial charge in [0.1, 0.15) is 0 Å². The molecule has 2 heterocycles. The third-order valence-electron chi connectivity index (χ3n) is 2.86. The average Bonchev–Trinajstić information content (AvgIpc) is 2.69. The van der Waals surface area contributed by atoms with Gasteiger partial charge in [0.15, 0.2) is 10.4 Å². The highest BCUT2D eigenvalue weighted by atomic mass is 79.9. The number of pyridine rings is 1. The summed E-state index contributed by atoms with van der Waals surface area (Å²) >= 11 is 9.00. The first-order valence-electron chi connectivity index (χ1n) is 5.50. The molecule has 0 saturated heterocycles.